The number of carbonyl (C=O) groups is 2. The van der Waals surface area contributed by atoms with Gasteiger partial charge in [-0.25, -0.2) is 14.5 Å². The zero-order valence-electron chi connectivity index (χ0n) is 25.2. The van der Waals surface area contributed by atoms with E-state index in [2.05, 4.69) is 5.10 Å². The molecule has 0 saturated carbocycles. The lowest BCUT2D eigenvalue weighted by atomic mass is 9.97. The number of carbonyl (C=O) groups excluding carboxylic acids is 2. The van der Waals surface area contributed by atoms with Crippen LogP contribution in [0, 0.1) is 0 Å². The molecule has 0 spiro atoms. The van der Waals surface area contributed by atoms with E-state index in [1.54, 1.807) is 43.5 Å². The number of aromatic nitrogens is 2. The van der Waals surface area contributed by atoms with E-state index in [1.807, 2.05) is 53.5 Å². The number of methoxy groups -OCH3 is 2. The largest absolute Gasteiger partial charge is 0.497 e. The molecule has 0 unspecified atom stereocenters. The lowest BCUT2D eigenvalue weighted by Gasteiger charge is -2.41. The van der Waals surface area contributed by atoms with E-state index in [0.717, 1.165) is 17.3 Å². The van der Waals surface area contributed by atoms with Gasteiger partial charge in [0.2, 0.25) is 0 Å². The van der Waals surface area contributed by atoms with Gasteiger partial charge in [0.1, 0.15) is 17.1 Å². The van der Waals surface area contributed by atoms with Gasteiger partial charge in [0.25, 0.3) is 5.91 Å². The molecular weight excluding hydrogens is 601 g/mol. The summed E-state index contributed by atoms with van der Waals surface area (Å²) in [4.78, 5) is 26.7. The number of hydrogen-bond donors (Lipinski definition) is 0. The molecule has 0 radical (unpaired) electrons. The summed E-state index contributed by atoms with van der Waals surface area (Å²) < 4.78 is 59.5. The van der Waals surface area contributed by atoms with Crippen LogP contribution >= 0.6 is 0 Å². The third-order valence-corrected chi connectivity index (χ3v) is 7.77. The molecule has 5 aromatic rings. The van der Waals surface area contributed by atoms with Gasteiger partial charge in [0.05, 0.1) is 57.1 Å². The molecule has 1 aromatic heterocycles. The molecule has 1 amide bonds. The van der Waals surface area contributed by atoms with Gasteiger partial charge in [-0.05, 0) is 60.5 Å². The Kier molecular flexibility index (Phi) is 8.03. The molecule has 0 aliphatic carbocycles. The van der Waals surface area contributed by atoms with Crippen LogP contribution < -0.4 is 14.5 Å². The van der Waals surface area contributed by atoms with Gasteiger partial charge in [0.15, 0.2) is 5.69 Å². The van der Waals surface area contributed by atoms with E-state index >= 15 is 0 Å². The summed E-state index contributed by atoms with van der Waals surface area (Å²) in [7, 11) is 3.15. The second-order valence-corrected chi connectivity index (χ2v) is 10.5. The predicted molar refractivity (Wildman–Crippen MR) is 164 cm³/mol. The molecule has 46 heavy (non-hydrogen) atoms. The van der Waals surface area contributed by atoms with Crippen molar-refractivity contribution in [1.82, 2.24) is 14.8 Å². The van der Waals surface area contributed by atoms with Gasteiger partial charge >= 0.3 is 12.1 Å². The summed E-state index contributed by atoms with van der Waals surface area (Å²) in [5, 5.41) is 8.25. The number of anilines is 1. The smallest absolute Gasteiger partial charge is 0.434 e. The normalized spacial score (nSPS) is 12.9. The van der Waals surface area contributed by atoms with E-state index in [9.17, 15) is 22.8 Å². The summed E-state index contributed by atoms with van der Waals surface area (Å²) in [6.45, 7) is 1.91. The summed E-state index contributed by atoms with van der Waals surface area (Å²) in [5.41, 5.74) is 0.756. The number of nitrogens with zero attached hydrogens (tertiary/aromatic N) is 4. The first-order valence-corrected chi connectivity index (χ1v) is 14.4. The number of alkyl halides is 3. The zero-order valence-corrected chi connectivity index (χ0v) is 25.2. The average molecular weight is 631 g/mol. The van der Waals surface area contributed by atoms with Crippen molar-refractivity contribution >= 4 is 28.3 Å². The monoisotopic (exact) mass is 630 g/mol. The zero-order chi connectivity index (χ0) is 32.6. The molecular formula is C34H29F3N4O5. The Labute approximate surface area is 262 Å². The summed E-state index contributed by atoms with van der Waals surface area (Å²) in [6, 6.07) is 22.9. The molecule has 2 heterocycles. The highest BCUT2D eigenvalue weighted by Crippen LogP contribution is 2.42. The minimum atomic E-state index is -4.93. The minimum Gasteiger partial charge on any atom is -0.497 e. The van der Waals surface area contributed by atoms with Crippen molar-refractivity contribution in [1.29, 1.82) is 0 Å². The molecule has 0 bridgehead atoms. The number of rotatable bonds is 9. The van der Waals surface area contributed by atoms with Crippen molar-refractivity contribution < 1.29 is 37.0 Å². The van der Waals surface area contributed by atoms with Crippen LogP contribution in [-0.4, -0.2) is 47.5 Å². The Bertz CT molecular complexity index is 1920. The second kappa shape index (κ2) is 12.1. The van der Waals surface area contributed by atoms with E-state index < -0.39 is 23.4 Å². The Morgan fingerprint density at radius 1 is 0.804 bits per heavy atom. The Morgan fingerprint density at radius 3 is 1.96 bits per heavy atom. The van der Waals surface area contributed by atoms with Crippen LogP contribution in [0.4, 0.5) is 18.9 Å². The fraction of sp³-hybridized carbons (Fsp3) is 0.206. The van der Waals surface area contributed by atoms with Crippen molar-refractivity contribution in [2.75, 3.05) is 25.8 Å². The maximum atomic E-state index is 14.4. The van der Waals surface area contributed by atoms with Gasteiger partial charge in [-0.15, -0.1) is 0 Å². The molecule has 1 aliphatic heterocycles. The Balaban J connectivity index is 1.51. The molecule has 0 saturated heterocycles. The number of halogens is 3. The van der Waals surface area contributed by atoms with E-state index in [4.69, 9.17) is 14.2 Å². The van der Waals surface area contributed by atoms with Gasteiger partial charge < -0.3 is 14.2 Å². The van der Waals surface area contributed by atoms with Crippen LogP contribution in [0.3, 0.4) is 0 Å². The van der Waals surface area contributed by atoms with Crippen LogP contribution in [-0.2, 0) is 24.0 Å². The first-order chi connectivity index (χ1) is 22.1. The second-order valence-electron chi connectivity index (χ2n) is 10.5. The number of ether oxygens (including phenoxy) is 3. The number of hydrazine groups is 1. The van der Waals surface area contributed by atoms with Crippen LogP contribution in [0.5, 0.6) is 11.5 Å². The average Bonchev–Trinajstić information content (AvgIpc) is 3.52. The van der Waals surface area contributed by atoms with Crippen molar-refractivity contribution in [3.8, 4) is 17.2 Å². The first-order valence-electron chi connectivity index (χ1n) is 14.4. The molecule has 0 fully saturated rings. The highest BCUT2D eigenvalue weighted by Gasteiger charge is 2.42. The topological polar surface area (TPSA) is 86.1 Å². The molecule has 9 nitrogen and oxygen atoms in total. The standard InChI is InChI=1S/C34H29F3N4O5/c1-4-46-33(43)27-18-38-41(31(27)34(35,36)37)28-16-17-29-30-25(28)6-5-7-26(30)32(42)40(20-22-10-14-24(45-3)15-11-22)39(29)19-21-8-12-23(44-2)13-9-21/h5-18H,4,19-20H2,1-3H3. The van der Waals surface area contributed by atoms with Crippen molar-refractivity contribution in [2.24, 2.45) is 0 Å². The molecule has 236 valence electrons. The highest BCUT2D eigenvalue weighted by atomic mass is 19.4. The third-order valence-electron chi connectivity index (χ3n) is 7.77. The predicted octanol–water partition coefficient (Wildman–Crippen LogP) is 6.82. The lowest BCUT2D eigenvalue weighted by Crippen LogP contribution is -2.48. The molecule has 0 N–H and O–H groups in total. The molecule has 1 aliphatic rings. The van der Waals surface area contributed by atoms with Crippen LogP contribution in [0.1, 0.15) is 44.5 Å². The van der Waals surface area contributed by atoms with Crippen LogP contribution in [0.15, 0.2) is 85.1 Å². The first kappa shape index (κ1) is 30.5. The quantitative estimate of drug-likeness (QED) is 0.165. The van der Waals surface area contributed by atoms with Gasteiger partial charge in [-0.2, -0.15) is 18.3 Å². The van der Waals surface area contributed by atoms with Gasteiger partial charge in [-0.1, -0.05) is 36.4 Å². The molecule has 12 heteroatoms. The number of esters is 1. The molecule has 6 rings (SSSR count). The lowest BCUT2D eigenvalue weighted by molar-refractivity contribution is -0.143. The fourth-order valence-corrected chi connectivity index (χ4v) is 5.63. The van der Waals surface area contributed by atoms with Gasteiger partial charge in [0, 0.05) is 10.8 Å². The van der Waals surface area contributed by atoms with E-state index in [1.165, 1.54) is 13.0 Å². The third kappa shape index (κ3) is 5.46. The molecule has 0 atom stereocenters. The van der Waals surface area contributed by atoms with E-state index in [-0.39, 0.29) is 31.3 Å². The number of hydrogen-bond acceptors (Lipinski definition) is 7. The Hall–Kier alpha value is -5.52. The SMILES string of the molecule is CCOC(=O)c1cnn(-c2ccc3c4c(cccc24)C(=O)N(Cc2ccc(OC)cc2)N3Cc2ccc(OC)cc2)c1C(F)(F)F. The minimum absolute atomic E-state index is 0.0595. The van der Waals surface area contributed by atoms with Crippen LogP contribution in [0.2, 0.25) is 0 Å². The molecule has 4 aromatic carbocycles. The summed E-state index contributed by atoms with van der Waals surface area (Å²) in [5.74, 6) is -0.107. The van der Waals surface area contributed by atoms with E-state index in [0.29, 0.717) is 38.2 Å². The maximum absolute atomic E-state index is 14.4. The van der Waals surface area contributed by atoms with Gasteiger partial charge in [-0.3, -0.25) is 9.80 Å². The summed E-state index contributed by atoms with van der Waals surface area (Å²) >= 11 is 0. The maximum Gasteiger partial charge on any atom is 0.434 e. The van der Waals surface area contributed by atoms with Crippen molar-refractivity contribution in [3.63, 3.8) is 0 Å². The number of amides is 1. The highest BCUT2D eigenvalue weighted by molar-refractivity contribution is 6.16. The summed E-state index contributed by atoms with van der Waals surface area (Å²) in [6.07, 6.45) is -4.07. The van der Waals surface area contributed by atoms with Crippen molar-refractivity contribution in [3.05, 3.63) is 113 Å². The number of benzene rings is 4. The Morgan fingerprint density at radius 2 is 1.39 bits per heavy atom. The van der Waals surface area contributed by atoms with Crippen molar-refractivity contribution in [2.45, 2.75) is 26.2 Å². The van der Waals surface area contributed by atoms with Crippen LogP contribution in [0.25, 0.3) is 16.5 Å². The fourth-order valence-electron chi connectivity index (χ4n) is 5.63.